The van der Waals surface area contributed by atoms with Gasteiger partial charge < -0.3 is 9.52 Å². The van der Waals surface area contributed by atoms with Gasteiger partial charge in [0.05, 0.1) is 14.1 Å². The number of rotatable bonds is 1. The number of aryl methyl sites for hydroxylation is 2. The topological polar surface area (TPSA) is 57.9 Å². The second-order valence-electron chi connectivity index (χ2n) is 3.65. The highest BCUT2D eigenvalue weighted by atomic mass is 16.3. The maximum absolute atomic E-state index is 12.1. The van der Waals surface area contributed by atoms with Crippen molar-refractivity contribution in [1.29, 1.82) is 0 Å². The van der Waals surface area contributed by atoms with Crippen LogP contribution in [-0.2, 0) is 14.1 Å². The Morgan fingerprint density at radius 2 is 2.25 bits per heavy atom. The van der Waals surface area contributed by atoms with Crippen molar-refractivity contribution in [3.05, 3.63) is 34.6 Å². The van der Waals surface area contributed by atoms with Gasteiger partial charge in [0.25, 0.3) is 11.6 Å². The van der Waals surface area contributed by atoms with Gasteiger partial charge in [-0.15, -0.1) is 4.68 Å². The molecule has 5 nitrogen and oxygen atoms in total. The molecule has 5 heteroatoms. The van der Waals surface area contributed by atoms with E-state index in [1.165, 1.54) is 0 Å². The van der Waals surface area contributed by atoms with Crippen LogP contribution in [0.3, 0.4) is 0 Å². The Kier molecular flexibility index (Phi) is 2.30. The predicted octanol–water partition coefficient (Wildman–Crippen LogP) is -1.93. The number of nitrogens with zero attached hydrogens (tertiary/aromatic N) is 3. The van der Waals surface area contributed by atoms with Gasteiger partial charge in [0.1, 0.15) is 10.8 Å². The van der Waals surface area contributed by atoms with Crippen LogP contribution in [-0.4, -0.2) is 9.78 Å². The van der Waals surface area contributed by atoms with Crippen LogP contribution in [0.1, 0.15) is 11.6 Å². The Balaban J connectivity index is 2.75. The lowest BCUT2D eigenvalue weighted by Crippen LogP contribution is -2.38. The summed E-state index contributed by atoms with van der Waals surface area (Å²) < 4.78 is 8.48. The monoisotopic (exact) mass is 219 g/mol. The minimum absolute atomic E-state index is 0.194. The molecular formula is C11H13N3O2. The van der Waals surface area contributed by atoms with Gasteiger partial charge in [0, 0.05) is 17.8 Å². The minimum Gasteiger partial charge on any atom is -0.865 e. The molecule has 2 rings (SSSR count). The molecular weight excluding hydrogens is 206 g/mol. The van der Waals surface area contributed by atoms with Gasteiger partial charge in [-0.25, -0.2) is 4.57 Å². The van der Waals surface area contributed by atoms with E-state index >= 15 is 0 Å². The fraction of sp³-hybridized carbons (Fsp3) is 0.273. The summed E-state index contributed by atoms with van der Waals surface area (Å²) in [4.78, 5) is 0. The average Bonchev–Trinajstić information content (AvgIpc) is 2.73. The molecule has 0 bridgehead atoms. The SMILES string of the molecule is C=c1cc/c(=C(/[O-])c2n(C)nc(C)[n+]2C)o1. The van der Waals surface area contributed by atoms with E-state index in [1.807, 2.05) is 6.92 Å². The maximum atomic E-state index is 12.1. The van der Waals surface area contributed by atoms with Crippen molar-refractivity contribution < 1.29 is 14.1 Å². The normalized spacial score (nSPS) is 12.9. The zero-order valence-electron chi connectivity index (χ0n) is 9.52. The summed E-state index contributed by atoms with van der Waals surface area (Å²) in [6.07, 6.45) is 0. The average molecular weight is 219 g/mol. The quantitative estimate of drug-likeness (QED) is 0.525. The summed E-state index contributed by atoms with van der Waals surface area (Å²) in [6.45, 7) is 5.46. The molecule has 84 valence electrons. The molecule has 2 aromatic heterocycles. The van der Waals surface area contributed by atoms with Crippen LogP contribution in [0.25, 0.3) is 12.3 Å². The molecule has 0 atom stereocenters. The molecule has 0 aliphatic rings. The van der Waals surface area contributed by atoms with Gasteiger partial charge in [0.15, 0.2) is 0 Å². The van der Waals surface area contributed by atoms with E-state index in [2.05, 4.69) is 11.7 Å². The Hall–Kier alpha value is -2.04. The first kappa shape index (κ1) is 10.5. The van der Waals surface area contributed by atoms with Crippen molar-refractivity contribution in [3.63, 3.8) is 0 Å². The van der Waals surface area contributed by atoms with E-state index in [1.54, 1.807) is 35.5 Å². The van der Waals surface area contributed by atoms with Crippen LogP contribution in [0.5, 0.6) is 0 Å². The van der Waals surface area contributed by atoms with Crippen LogP contribution in [0.2, 0.25) is 0 Å². The van der Waals surface area contributed by atoms with E-state index in [-0.39, 0.29) is 11.2 Å². The van der Waals surface area contributed by atoms with Crippen molar-refractivity contribution in [2.24, 2.45) is 14.1 Å². The van der Waals surface area contributed by atoms with Crippen molar-refractivity contribution in [3.8, 4) is 0 Å². The Labute approximate surface area is 92.6 Å². The second-order valence-corrected chi connectivity index (χ2v) is 3.65. The zero-order valence-corrected chi connectivity index (χ0v) is 9.52. The summed E-state index contributed by atoms with van der Waals surface area (Å²) in [5, 5.41) is 16.3. The summed E-state index contributed by atoms with van der Waals surface area (Å²) in [5.74, 6) is 1.06. The highest BCUT2D eigenvalue weighted by Crippen LogP contribution is 1.98. The number of hydrogen-bond acceptors (Lipinski definition) is 3. The molecule has 0 aromatic carbocycles. The predicted molar refractivity (Wildman–Crippen MR) is 55.1 cm³/mol. The molecule has 0 unspecified atom stereocenters. The summed E-state index contributed by atoms with van der Waals surface area (Å²) in [5.41, 5.74) is 0.758. The standard InChI is InChI=1S/C11H13N3O2/c1-7-5-6-9(16-7)10(15)11-13(3)8(2)12-14(11)4/h5-6H,1H2,2-4H3/b10-9-. The van der Waals surface area contributed by atoms with Crippen molar-refractivity contribution in [2.45, 2.75) is 6.92 Å². The van der Waals surface area contributed by atoms with Gasteiger partial charge in [-0.3, -0.25) is 0 Å². The minimum atomic E-state index is -0.194. The third-order valence-corrected chi connectivity index (χ3v) is 2.49. The highest BCUT2D eigenvalue weighted by Gasteiger charge is 2.17. The molecule has 0 aliphatic carbocycles. The summed E-state index contributed by atoms with van der Waals surface area (Å²) in [7, 11) is 3.53. The molecule has 0 N–H and O–H groups in total. The molecule has 0 saturated carbocycles. The molecule has 0 aliphatic heterocycles. The van der Waals surface area contributed by atoms with Crippen molar-refractivity contribution in [2.75, 3.05) is 0 Å². The van der Waals surface area contributed by atoms with Crippen molar-refractivity contribution in [1.82, 2.24) is 9.78 Å². The van der Waals surface area contributed by atoms with Crippen LogP contribution < -0.4 is 20.5 Å². The van der Waals surface area contributed by atoms with E-state index in [0.29, 0.717) is 11.2 Å². The Bertz CT molecular complexity index is 637. The largest absolute Gasteiger partial charge is 0.865 e. The Morgan fingerprint density at radius 1 is 1.56 bits per heavy atom. The molecule has 0 fully saturated rings. The number of aromatic nitrogens is 3. The number of hydrogen-bond donors (Lipinski definition) is 0. The van der Waals surface area contributed by atoms with Crippen LogP contribution in [0, 0.1) is 6.92 Å². The van der Waals surface area contributed by atoms with E-state index in [4.69, 9.17) is 4.42 Å². The molecule has 2 aromatic rings. The summed E-state index contributed by atoms with van der Waals surface area (Å²) in [6, 6.07) is 3.28. The van der Waals surface area contributed by atoms with Crippen molar-refractivity contribution >= 4 is 12.3 Å². The van der Waals surface area contributed by atoms with E-state index in [9.17, 15) is 5.11 Å². The first-order valence-electron chi connectivity index (χ1n) is 4.87. The van der Waals surface area contributed by atoms with Crippen LogP contribution in [0.4, 0.5) is 0 Å². The first-order valence-corrected chi connectivity index (χ1v) is 4.87. The number of furan rings is 1. The molecule has 0 amide bonds. The molecule has 0 spiro atoms. The van der Waals surface area contributed by atoms with Crippen LogP contribution in [0.15, 0.2) is 16.5 Å². The smallest absolute Gasteiger partial charge is 0.274 e. The van der Waals surface area contributed by atoms with Gasteiger partial charge in [-0.05, 0) is 12.1 Å². The second kappa shape index (κ2) is 3.52. The van der Waals surface area contributed by atoms with Gasteiger partial charge in [0.2, 0.25) is 0 Å². The third kappa shape index (κ3) is 1.50. The van der Waals surface area contributed by atoms with Crippen LogP contribution >= 0.6 is 0 Å². The lowest BCUT2D eigenvalue weighted by atomic mass is 10.4. The summed E-state index contributed by atoms with van der Waals surface area (Å²) >= 11 is 0. The lowest BCUT2D eigenvalue weighted by Gasteiger charge is -2.06. The Morgan fingerprint density at radius 3 is 2.69 bits per heavy atom. The van der Waals surface area contributed by atoms with Gasteiger partial charge in [-0.1, -0.05) is 6.58 Å². The fourth-order valence-corrected chi connectivity index (χ4v) is 1.61. The maximum Gasteiger partial charge on any atom is 0.274 e. The molecule has 16 heavy (non-hydrogen) atoms. The van der Waals surface area contributed by atoms with Gasteiger partial charge >= 0.3 is 0 Å². The van der Waals surface area contributed by atoms with E-state index < -0.39 is 0 Å². The first-order chi connectivity index (χ1) is 7.50. The molecule has 0 saturated heterocycles. The lowest BCUT2D eigenvalue weighted by molar-refractivity contribution is -0.683. The van der Waals surface area contributed by atoms with Gasteiger partial charge in [-0.2, -0.15) is 0 Å². The molecule has 0 radical (unpaired) electrons. The fourth-order valence-electron chi connectivity index (χ4n) is 1.61. The zero-order chi connectivity index (χ0) is 11.9. The highest BCUT2D eigenvalue weighted by molar-refractivity contribution is 5.44. The molecule has 2 heterocycles. The third-order valence-electron chi connectivity index (χ3n) is 2.49. The van der Waals surface area contributed by atoms with E-state index in [0.717, 1.165) is 5.82 Å².